The van der Waals surface area contributed by atoms with Gasteiger partial charge in [0.05, 0.1) is 6.61 Å². The molecule has 7 heteroatoms. The summed E-state index contributed by atoms with van der Waals surface area (Å²) in [6.07, 6.45) is 0.400. The number of aromatic nitrogens is 2. The number of carbonyl (C=O) groups excluding carboxylic acids is 2. The Bertz CT molecular complexity index is 551. The van der Waals surface area contributed by atoms with Crippen molar-refractivity contribution in [3.63, 3.8) is 0 Å². The molecule has 0 spiro atoms. The Labute approximate surface area is 116 Å². The molecule has 0 unspecified atom stereocenters. The third-order valence-electron chi connectivity index (χ3n) is 2.68. The first kappa shape index (κ1) is 15.9. The molecule has 2 N–H and O–H groups in total. The van der Waals surface area contributed by atoms with Crippen LogP contribution < -0.4 is 10.9 Å². The monoisotopic (exact) mass is 281 g/mol. The summed E-state index contributed by atoms with van der Waals surface area (Å²) in [5.41, 5.74) is 0.875. The molecule has 0 aliphatic heterocycles. The largest absolute Gasteiger partial charge is 0.465 e. The Morgan fingerprint density at radius 3 is 2.65 bits per heavy atom. The van der Waals surface area contributed by atoms with Crippen LogP contribution in [0.15, 0.2) is 4.79 Å². The van der Waals surface area contributed by atoms with Gasteiger partial charge in [0, 0.05) is 17.7 Å². The highest BCUT2D eigenvalue weighted by atomic mass is 16.5. The maximum Gasteiger partial charge on any atom is 0.325 e. The second kappa shape index (κ2) is 7.42. The molecule has 0 fully saturated rings. The average Bonchev–Trinajstić information content (AvgIpc) is 2.35. The van der Waals surface area contributed by atoms with Crippen LogP contribution in [0.25, 0.3) is 0 Å². The van der Waals surface area contributed by atoms with Crippen LogP contribution in [0, 0.1) is 13.8 Å². The van der Waals surface area contributed by atoms with Gasteiger partial charge in [-0.1, -0.05) is 0 Å². The highest BCUT2D eigenvalue weighted by Gasteiger charge is 2.10. The molecule has 0 saturated carbocycles. The highest BCUT2D eigenvalue weighted by Crippen LogP contribution is 2.02. The van der Waals surface area contributed by atoms with Crippen LogP contribution in [0.3, 0.4) is 0 Å². The molecule has 0 aromatic carbocycles. The van der Waals surface area contributed by atoms with Crippen molar-refractivity contribution in [3.8, 4) is 0 Å². The fraction of sp³-hybridized carbons (Fsp3) is 0.538. The topological polar surface area (TPSA) is 101 Å². The van der Waals surface area contributed by atoms with Crippen LogP contribution in [0.5, 0.6) is 0 Å². The van der Waals surface area contributed by atoms with Crippen molar-refractivity contribution in [2.75, 3.05) is 13.2 Å². The Morgan fingerprint density at radius 2 is 2.05 bits per heavy atom. The van der Waals surface area contributed by atoms with Crippen LogP contribution in [0.2, 0.25) is 0 Å². The van der Waals surface area contributed by atoms with E-state index in [2.05, 4.69) is 20.0 Å². The molecule has 0 radical (unpaired) electrons. The van der Waals surface area contributed by atoms with Crippen LogP contribution in [-0.2, 0) is 20.7 Å². The summed E-state index contributed by atoms with van der Waals surface area (Å²) in [4.78, 5) is 41.1. The summed E-state index contributed by atoms with van der Waals surface area (Å²) in [7, 11) is 0. The van der Waals surface area contributed by atoms with Gasteiger partial charge in [-0.2, -0.15) is 0 Å². The van der Waals surface area contributed by atoms with Gasteiger partial charge in [0.1, 0.15) is 12.4 Å². The number of hydrogen-bond acceptors (Lipinski definition) is 5. The number of ether oxygens (including phenoxy) is 1. The van der Waals surface area contributed by atoms with E-state index < -0.39 is 5.97 Å². The zero-order valence-electron chi connectivity index (χ0n) is 11.9. The van der Waals surface area contributed by atoms with Gasteiger partial charge in [-0.05, 0) is 27.2 Å². The number of hydrogen-bond donors (Lipinski definition) is 2. The molecule has 110 valence electrons. The molecule has 20 heavy (non-hydrogen) atoms. The first-order chi connectivity index (χ1) is 9.43. The molecule has 1 aromatic heterocycles. The lowest BCUT2D eigenvalue weighted by Crippen LogP contribution is -2.31. The maximum atomic E-state index is 11.7. The summed E-state index contributed by atoms with van der Waals surface area (Å²) < 4.78 is 4.69. The molecular weight excluding hydrogens is 262 g/mol. The fourth-order valence-corrected chi connectivity index (χ4v) is 1.76. The molecule has 1 rings (SSSR count). The third-order valence-corrected chi connectivity index (χ3v) is 2.68. The number of rotatable bonds is 6. The van der Waals surface area contributed by atoms with E-state index in [9.17, 15) is 14.4 Å². The first-order valence-electron chi connectivity index (χ1n) is 6.42. The maximum absolute atomic E-state index is 11.7. The minimum atomic E-state index is -0.480. The lowest BCUT2D eigenvalue weighted by molar-refractivity contribution is -0.143. The zero-order chi connectivity index (χ0) is 15.1. The van der Waals surface area contributed by atoms with E-state index in [1.54, 1.807) is 20.8 Å². The first-order valence-corrected chi connectivity index (χ1v) is 6.42. The fourth-order valence-electron chi connectivity index (χ4n) is 1.76. The van der Waals surface area contributed by atoms with Crippen LogP contribution in [0.1, 0.15) is 30.4 Å². The quantitative estimate of drug-likeness (QED) is 0.715. The number of nitrogens with zero attached hydrogens (tertiary/aromatic N) is 1. The molecule has 0 aliphatic rings. The van der Waals surface area contributed by atoms with Crippen molar-refractivity contribution in [1.82, 2.24) is 15.3 Å². The number of H-pyrrole nitrogens is 1. The molecule has 1 aromatic rings. The van der Waals surface area contributed by atoms with Gasteiger partial charge < -0.3 is 15.0 Å². The van der Waals surface area contributed by atoms with Crippen molar-refractivity contribution in [1.29, 1.82) is 0 Å². The Hall–Kier alpha value is -2.18. The summed E-state index contributed by atoms with van der Waals surface area (Å²) in [5.74, 6) is -0.243. The molecule has 1 heterocycles. The van der Waals surface area contributed by atoms with Crippen molar-refractivity contribution >= 4 is 11.9 Å². The van der Waals surface area contributed by atoms with Crippen LogP contribution in [0.4, 0.5) is 0 Å². The third kappa shape index (κ3) is 4.83. The normalized spacial score (nSPS) is 10.2. The minimum absolute atomic E-state index is 0.119. The van der Waals surface area contributed by atoms with Crippen molar-refractivity contribution in [2.24, 2.45) is 0 Å². The van der Waals surface area contributed by atoms with Crippen LogP contribution >= 0.6 is 0 Å². The van der Waals surface area contributed by atoms with E-state index >= 15 is 0 Å². The predicted octanol–water partition coefficient (Wildman–Crippen LogP) is -0.00136. The number of aromatic amines is 1. The van der Waals surface area contributed by atoms with E-state index in [-0.39, 0.29) is 37.5 Å². The van der Waals surface area contributed by atoms with Gasteiger partial charge >= 0.3 is 5.97 Å². The van der Waals surface area contributed by atoms with Crippen molar-refractivity contribution in [3.05, 3.63) is 27.4 Å². The highest BCUT2D eigenvalue weighted by molar-refractivity contribution is 5.81. The van der Waals surface area contributed by atoms with Gasteiger partial charge in [0.25, 0.3) is 5.56 Å². The summed E-state index contributed by atoms with van der Waals surface area (Å²) in [6.45, 7) is 5.24. The Balaban J connectivity index is 2.50. The molecule has 7 nitrogen and oxygen atoms in total. The number of nitrogens with one attached hydrogen (secondary N) is 2. The minimum Gasteiger partial charge on any atom is -0.465 e. The average molecular weight is 281 g/mol. The molecule has 0 saturated heterocycles. The lowest BCUT2D eigenvalue weighted by atomic mass is 10.1. The molecule has 0 aliphatic carbocycles. The summed E-state index contributed by atoms with van der Waals surface area (Å²) in [5, 5.41) is 2.44. The van der Waals surface area contributed by atoms with E-state index in [1.807, 2.05) is 0 Å². The SMILES string of the molecule is CCOC(=O)CNC(=O)CCc1c(C)nc(C)[nH]c1=O. The summed E-state index contributed by atoms with van der Waals surface area (Å²) >= 11 is 0. The van der Waals surface area contributed by atoms with E-state index in [0.29, 0.717) is 17.1 Å². The molecule has 0 bridgehead atoms. The van der Waals surface area contributed by atoms with Gasteiger partial charge in [0.15, 0.2) is 0 Å². The predicted molar refractivity (Wildman–Crippen MR) is 72.3 cm³/mol. The molecule has 1 amide bonds. The number of esters is 1. The van der Waals surface area contributed by atoms with Crippen molar-refractivity contribution in [2.45, 2.75) is 33.6 Å². The second-order valence-corrected chi connectivity index (χ2v) is 4.30. The standard InChI is InChI=1S/C13H19N3O4/c1-4-20-12(18)7-14-11(17)6-5-10-8(2)15-9(3)16-13(10)19/h4-7H2,1-3H3,(H,14,17)(H,15,16,19). The zero-order valence-corrected chi connectivity index (χ0v) is 11.9. The Kier molecular flexibility index (Phi) is 5.89. The van der Waals surface area contributed by atoms with Gasteiger partial charge in [0.2, 0.25) is 5.91 Å². The number of carbonyl (C=O) groups is 2. The van der Waals surface area contributed by atoms with Gasteiger partial charge in [-0.15, -0.1) is 0 Å². The van der Waals surface area contributed by atoms with Gasteiger partial charge in [-0.3, -0.25) is 14.4 Å². The number of aryl methyl sites for hydroxylation is 2. The second-order valence-electron chi connectivity index (χ2n) is 4.30. The van der Waals surface area contributed by atoms with Crippen LogP contribution in [-0.4, -0.2) is 35.0 Å². The van der Waals surface area contributed by atoms with E-state index in [1.165, 1.54) is 0 Å². The molecular formula is C13H19N3O4. The summed E-state index contributed by atoms with van der Waals surface area (Å²) in [6, 6.07) is 0. The number of amides is 1. The smallest absolute Gasteiger partial charge is 0.325 e. The van der Waals surface area contributed by atoms with E-state index in [0.717, 1.165) is 0 Å². The Morgan fingerprint density at radius 1 is 1.35 bits per heavy atom. The van der Waals surface area contributed by atoms with Crippen molar-refractivity contribution < 1.29 is 14.3 Å². The lowest BCUT2D eigenvalue weighted by Gasteiger charge is -2.06. The molecule has 0 atom stereocenters. The van der Waals surface area contributed by atoms with Gasteiger partial charge in [-0.25, -0.2) is 4.98 Å². The van der Waals surface area contributed by atoms with E-state index in [4.69, 9.17) is 0 Å².